The molecule has 0 aromatic carbocycles. The van der Waals surface area contributed by atoms with Gasteiger partial charge in [0.2, 0.25) is 0 Å². The molecule has 0 radical (unpaired) electrons. The predicted molar refractivity (Wildman–Crippen MR) is 60.2 cm³/mol. The summed E-state index contributed by atoms with van der Waals surface area (Å²) in [7, 11) is 0. The zero-order chi connectivity index (χ0) is 11.6. The molecule has 0 spiro atoms. The van der Waals surface area contributed by atoms with Crippen LogP contribution in [0.4, 0.5) is 0 Å². The van der Waals surface area contributed by atoms with Gasteiger partial charge in [-0.3, -0.25) is 0 Å². The fourth-order valence-corrected chi connectivity index (χ4v) is 2.29. The molecule has 2 aromatic heterocycles. The second kappa shape index (κ2) is 4.11. The second-order valence-electron chi connectivity index (χ2n) is 3.51. The van der Waals surface area contributed by atoms with E-state index in [1.807, 2.05) is 17.5 Å². The molecule has 0 bridgehead atoms. The number of furan rings is 1. The summed E-state index contributed by atoms with van der Waals surface area (Å²) >= 11 is 1.48. The molecule has 0 fully saturated rings. The molecule has 0 aliphatic carbocycles. The number of carbonyl (C=O) groups is 1. The van der Waals surface area contributed by atoms with Crippen LogP contribution in [-0.4, -0.2) is 11.1 Å². The molecule has 0 aliphatic heterocycles. The summed E-state index contributed by atoms with van der Waals surface area (Å²) in [5.41, 5.74) is 4.42. The smallest absolute Gasteiger partial charge is 0.332 e. The first-order valence-electron chi connectivity index (χ1n) is 4.71. The van der Waals surface area contributed by atoms with Gasteiger partial charge >= 0.3 is 5.97 Å². The molecule has 16 heavy (non-hydrogen) atoms. The Balaban J connectivity index is 2.33. The van der Waals surface area contributed by atoms with Gasteiger partial charge in [0.1, 0.15) is 5.76 Å². The third-order valence-corrected chi connectivity index (χ3v) is 3.25. The number of carboxylic acid groups (broad SMARTS) is 1. The Morgan fingerprint density at radius 2 is 2.31 bits per heavy atom. The van der Waals surface area contributed by atoms with E-state index in [-0.39, 0.29) is 12.2 Å². The normalized spacial score (nSPS) is 14.6. The molecule has 0 unspecified atom stereocenters. The summed E-state index contributed by atoms with van der Waals surface area (Å²) < 4.78 is 5.11. The van der Waals surface area contributed by atoms with Crippen molar-refractivity contribution >= 4 is 17.3 Å². The van der Waals surface area contributed by atoms with Gasteiger partial charge in [-0.15, -0.1) is 11.3 Å². The van der Waals surface area contributed by atoms with Crippen LogP contribution in [0, 0.1) is 0 Å². The summed E-state index contributed by atoms with van der Waals surface area (Å²) in [4.78, 5) is 12.2. The summed E-state index contributed by atoms with van der Waals surface area (Å²) in [5, 5.41) is 11.1. The van der Waals surface area contributed by atoms with Crippen molar-refractivity contribution in [1.82, 2.24) is 0 Å². The van der Waals surface area contributed by atoms with Crippen LogP contribution in [0.3, 0.4) is 0 Å². The highest BCUT2D eigenvalue weighted by Crippen LogP contribution is 2.26. The van der Waals surface area contributed by atoms with E-state index in [2.05, 4.69) is 0 Å². The maximum Gasteiger partial charge on any atom is 0.332 e. The zero-order valence-electron chi connectivity index (χ0n) is 8.42. The summed E-state index contributed by atoms with van der Waals surface area (Å²) in [6.07, 6.45) is 1.65. The van der Waals surface area contributed by atoms with Gasteiger partial charge in [-0.05, 0) is 23.6 Å². The SMILES string of the molecule is N[C@](Cc1cccs1)(C(=O)O)c1ccco1. The first-order valence-corrected chi connectivity index (χ1v) is 5.59. The van der Waals surface area contributed by atoms with Crippen molar-refractivity contribution in [3.8, 4) is 0 Å². The van der Waals surface area contributed by atoms with Gasteiger partial charge in [0.25, 0.3) is 0 Å². The summed E-state index contributed by atoms with van der Waals surface area (Å²) in [5.74, 6) is -0.816. The monoisotopic (exact) mass is 237 g/mol. The van der Waals surface area contributed by atoms with E-state index in [1.54, 1.807) is 12.1 Å². The van der Waals surface area contributed by atoms with E-state index in [9.17, 15) is 9.90 Å². The average Bonchev–Trinajstić information content (AvgIpc) is 2.88. The molecule has 0 aliphatic rings. The number of aliphatic carboxylic acids is 1. The number of carboxylic acids is 1. The van der Waals surface area contributed by atoms with Gasteiger partial charge in [0.05, 0.1) is 6.26 Å². The van der Waals surface area contributed by atoms with Crippen molar-refractivity contribution < 1.29 is 14.3 Å². The van der Waals surface area contributed by atoms with Gasteiger partial charge in [-0.25, -0.2) is 4.79 Å². The Morgan fingerprint density at radius 1 is 1.50 bits per heavy atom. The first-order chi connectivity index (χ1) is 7.63. The highest BCUT2D eigenvalue weighted by Gasteiger charge is 2.39. The topological polar surface area (TPSA) is 76.5 Å². The van der Waals surface area contributed by atoms with Gasteiger partial charge in [0.15, 0.2) is 5.54 Å². The molecule has 1 atom stereocenters. The van der Waals surface area contributed by atoms with E-state index in [1.165, 1.54) is 17.6 Å². The Hall–Kier alpha value is -1.59. The molecule has 5 heteroatoms. The lowest BCUT2D eigenvalue weighted by atomic mass is 9.93. The number of thiophene rings is 1. The van der Waals surface area contributed by atoms with Crippen LogP contribution in [0.1, 0.15) is 10.6 Å². The van der Waals surface area contributed by atoms with Crippen LogP contribution in [0.2, 0.25) is 0 Å². The Labute approximate surface area is 96.3 Å². The zero-order valence-corrected chi connectivity index (χ0v) is 9.24. The molecule has 2 aromatic rings. The van der Waals surface area contributed by atoms with Gasteiger partial charge < -0.3 is 15.3 Å². The number of hydrogen-bond donors (Lipinski definition) is 2. The van der Waals surface area contributed by atoms with Gasteiger partial charge in [-0.2, -0.15) is 0 Å². The molecule has 2 rings (SSSR count). The van der Waals surface area contributed by atoms with Crippen molar-refractivity contribution in [3.63, 3.8) is 0 Å². The van der Waals surface area contributed by atoms with E-state index in [0.29, 0.717) is 0 Å². The van der Waals surface area contributed by atoms with Crippen LogP contribution >= 0.6 is 11.3 Å². The fraction of sp³-hybridized carbons (Fsp3) is 0.182. The largest absolute Gasteiger partial charge is 0.480 e. The Kier molecular flexibility index (Phi) is 2.80. The lowest BCUT2D eigenvalue weighted by Crippen LogP contribution is -2.46. The number of hydrogen-bond acceptors (Lipinski definition) is 4. The predicted octanol–water partition coefficient (Wildman–Crippen LogP) is 1.82. The van der Waals surface area contributed by atoms with Gasteiger partial charge in [-0.1, -0.05) is 6.07 Å². The molecule has 0 saturated carbocycles. The fourth-order valence-electron chi connectivity index (χ4n) is 1.49. The average molecular weight is 237 g/mol. The van der Waals surface area contributed by atoms with E-state index in [4.69, 9.17) is 10.2 Å². The van der Waals surface area contributed by atoms with Crippen LogP contribution < -0.4 is 5.73 Å². The minimum Gasteiger partial charge on any atom is -0.480 e. The van der Waals surface area contributed by atoms with E-state index < -0.39 is 11.5 Å². The lowest BCUT2D eigenvalue weighted by molar-refractivity contribution is -0.144. The molecule has 0 amide bonds. The molecular weight excluding hydrogens is 226 g/mol. The first kappa shape index (κ1) is 10.9. The van der Waals surface area contributed by atoms with Crippen molar-refractivity contribution in [2.45, 2.75) is 12.0 Å². The minimum absolute atomic E-state index is 0.230. The van der Waals surface area contributed by atoms with Crippen LogP contribution in [0.15, 0.2) is 40.3 Å². The van der Waals surface area contributed by atoms with Crippen molar-refractivity contribution in [3.05, 3.63) is 46.5 Å². The molecule has 4 nitrogen and oxygen atoms in total. The highest BCUT2D eigenvalue weighted by molar-refractivity contribution is 7.09. The highest BCUT2D eigenvalue weighted by atomic mass is 32.1. The van der Waals surface area contributed by atoms with Crippen LogP contribution in [-0.2, 0) is 16.8 Å². The van der Waals surface area contributed by atoms with Crippen molar-refractivity contribution in [1.29, 1.82) is 0 Å². The summed E-state index contributed by atoms with van der Waals surface area (Å²) in [6, 6.07) is 6.94. The number of nitrogens with two attached hydrogens (primary N) is 1. The van der Waals surface area contributed by atoms with Crippen LogP contribution in [0.5, 0.6) is 0 Å². The van der Waals surface area contributed by atoms with E-state index in [0.717, 1.165) is 4.88 Å². The lowest BCUT2D eigenvalue weighted by Gasteiger charge is -2.21. The third-order valence-electron chi connectivity index (χ3n) is 2.38. The van der Waals surface area contributed by atoms with Gasteiger partial charge in [0, 0.05) is 11.3 Å². The molecule has 3 N–H and O–H groups in total. The molecule has 2 heterocycles. The standard InChI is InChI=1S/C11H11NO3S/c12-11(10(13)14,9-4-1-5-15-9)7-8-3-2-6-16-8/h1-6H,7,12H2,(H,13,14)/t11-/m0/s1. The number of rotatable bonds is 4. The molecular formula is C11H11NO3S. The maximum absolute atomic E-state index is 11.3. The van der Waals surface area contributed by atoms with E-state index >= 15 is 0 Å². The Morgan fingerprint density at radius 3 is 2.81 bits per heavy atom. The Bertz CT molecular complexity index is 463. The quantitative estimate of drug-likeness (QED) is 0.850. The second-order valence-corrected chi connectivity index (χ2v) is 4.54. The molecule has 0 saturated heterocycles. The molecule has 84 valence electrons. The van der Waals surface area contributed by atoms with Crippen LogP contribution in [0.25, 0.3) is 0 Å². The minimum atomic E-state index is -1.49. The van der Waals surface area contributed by atoms with Crippen molar-refractivity contribution in [2.24, 2.45) is 5.73 Å². The van der Waals surface area contributed by atoms with Crippen molar-refractivity contribution in [2.75, 3.05) is 0 Å². The summed E-state index contributed by atoms with van der Waals surface area (Å²) in [6.45, 7) is 0. The third kappa shape index (κ3) is 1.87. The maximum atomic E-state index is 11.3.